The number of hydrogen-bond acceptors (Lipinski definition) is 4. The molecule has 6 nitrogen and oxygen atoms in total. The number of furan rings is 1. The summed E-state index contributed by atoms with van der Waals surface area (Å²) >= 11 is 6.38. The van der Waals surface area contributed by atoms with Gasteiger partial charge in [-0.1, -0.05) is 23.2 Å². The Bertz CT molecular complexity index is 1210. The van der Waals surface area contributed by atoms with Crippen molar-refractivity contribution in [3.05, 3.63) is 64.5 Å². The van der Waals surface area contributed by atoms with Crippen molar-refractivity contribution in [3.8, 4) is 0 Å². The molecule has 0 saturated heterocycles. The van der Waals surface area contributed by atoms with E-state index in [0.29, 0.717) is 27.4 Å². The third kappa shape index (κ3) is 3.04. The number of nitrogens with one attached hydrogen (secondary N) is 2. The van der Waals surface area contributed by atoms with E-state index in [1.54, 1.807) is 24.3 Å². The molecular formula is C20H15ClN2O4. The largest absolute Gasteiger partial charge is 0.463 e. The van der Waals surface area contributed by atoms with Crippen molar-refractivity contribution in [1.82, 2.24) is 4.98 Å². The van der Waals surface area contributed by atoms with Crippen molar-refractivity contribution in [2.24, 2.45) is 0 Å². The number of halogens is 1. The fourth-order valence-electron chi connectivity index (χ4n) is 2.95. The molecular weight excluding hydrogens is 368 g/mol. The summed E-state index contributed by atoms with van der Waals surface area (Å²) in [6, 6.07) is 12.4. The Labute approximate surface area is 159 Å². The van der Waals surface area contributed by atoms with Crippen LogP contribution in [0, 0.1) is 6.92 Å². The first kappa shape index (κ1) is 17.2. The topological polar surface area (TPSA) is 84.3 Å². The van der Waals surface area contributed by atoms with Crippen molar-refractivity contribution < 1.29 is 18.7 Å². The summed E-state index contributed by atoms with van der Waals surface area (Å²) in [5, 5.41) is 4.66. The lowest BCUT2D eigenvalue weighted by Gasteiger charge is -2.04. The molecule has 0 radical (unpaired) electrons. The molecule has 0 aliphatic rings. The van der Waals surface area contributed by atoms with Gasteiger partial charge in [-0.3, -0.25) is 4.79 Å². The minimum absolute atomic E-state index is 0.102. The number of ether oxygens (including phenoxy) is 1. The van der Waals surface area contributed by atoms with E-state index in [1.165, 1.54) is 7.11 Å². The number of anilines is 1. The first-order chi connectivity index (χ1) is 13.0. The first-order valence-corrected chi connectivity index (χ1v) is 8.55. The molecule has 0 bridgehead atoms. The van der Waals surface area contributed by atoms with Crippen LogP contribution in [-0.2, 0) is 4.74 Å². The van der Waals surface area contributed by atoms with Crippen LogP contribution < -0.4 is 5.32 Å². The van der Waals surface area contributed by atoms with Crippen LogP contribution >= 0.6 is 11.6 Å². The monoisotopic (exact) mass is 382 g/mol. The average Bonchev–Trinajstić information content (AvgIpc) is 3.22. The van der Waals surface area contributed by atoms with Gasteiger partial charge in [0, 0.05) is 22.0 Å². The van der Waals surface area contributed by atoms with Gasteiger partial charge in [0.1, 0.15) is 11.3 Å². The number of H-pyrrole nitrogens is 1. The molecule has 0 saturated carbocycles. The summed E-state index contributed by atoms with van der Waals surface area (Å²) in [5.74, 6) is -0.813. The lowest BCUT2D eigenvalue weighted by atomic mass is 10.2. The van der Waals surface area contributed by atoms with E-state index in [9.17, 15) is 9.59 Å². The van der Waals surface area contributed by atoms with E-state index < -0.39 is 5.97 Å². The molecule has 0 spiro atoms. The lowest BCUT2D eigenvalue weighted by Crippen LogP contribution is -2.12. The van der Waals surface area contributed by atoms with Crippen LogP contribution in [0.3, 0.4) is 0 Å². The molecule has 0 aliphatic heterocycles. The Kier molecular flexibility index (Phi) is 4.12. The minimum atomic E-state index is -0.558. The molecule has 2 N–H and O–H groups in total. The second-order valence-electron chi connectivity index (χ2n) is 6.17. The van der Waals surface area contributed by atoms with Gasteiger partial charge in [-0.25, -0.2) is 4.79 Å². The predicted molar refractivity (Wildman–Crippen MR) is 104 cm³/mol. The number of aromatic nitrogens is 1. The summed E-state index contributed by atoms with van der Waals surface area (Å²) in [6.45, 7) is 1.96. The lowest BCUT2D eigenvalue weighted by molar-refractivity contribution is 0.0567. The highest BCUT2D eigenvalue weighted by Crippen LogP contribution is 2.29. The maximum Gasteiger partial charge on any atom is 0.373 e. The summed E-state index contributed by atoms with van der Waals surface area (Å²) in [4.78, 5) is 27.3. The molecule has 0 fully saturated rings. The van der Waals surface area contributed by atoms with Crippen molar-refractivity contribution >= 4 is 51.0 Å². The molecule has 4 aromatic rings. The third-order valence-electron chi connectivity index (χ3n) is 4.28. The van der Waals surface area contributed by atoms with Crippen LogP contribution in [0.15, 0.2) is 46.9 Å². The van der Waals surface area contributed by atoms with Crippen LogP contribution in [0.4, 0.5) is 5.69 Å². The Morgan fingerprint density at radius 2 is 1.96 bits per heavy atom. The summed E-state index contributed by atoms with van der Waals surface area (Å²) in [5.41, 5.74) is 3.22. The highest BCUT2D eigenvalue weighted by atomic mass is 35.5. The van der Waals surface area contributed by atoms with E-state index >= 15 is 0 Å². The standard InChI is InChI=1S/C20H15ClN2O4/c1-10-3-5-14-13(7-10)17(21)18(23-14)19(24)22-12-4-6-15-11(8-12)9-16(27-15)20(25)26-2/h3-9,23H,1-2H3,(H,22,24). The van der Waals surface area contributed by atoms with Crippen LogP contribution in [-0.4, -0.2) is 24.0 Å². The van der Waals surface area contributed by atoms with Gasteiger partial charge in [-0.2, -0.15) is 0 Å². The van der Waals surface area contributed by atoms with Gasteiger partial charge in [0.2, 0.25) is 5.76 Å². The highest BCUT2D eigenvalue weighted by Gasteiger charge is 2.18. The number of hydrogen-bond donors (Lipinski definition) is 2. The van der Waals surface area contributed by atoms with Gasteiger partial charge in [0.05, 0.1) is 12.1 Å². The van der Waals surface area contributed by atoms with Crippen LogP contribution in [0.5, 0.6) is 0 Å². The third-order valence-corrected chi connectivity index (χ3v) is 4.67. The van der Waals surface area contributed by atoms with Crippen molar-refractivity contribution in [2.45, 2.75) is 6.92 Å². The van der Waals surface area contributed by atoms with E-state index in [4.69, 9.17) is 16.0 Å². The van der Waals surface area contributed by atoms with Crippen LogP contribution in [0.25, 0.3) is 21.9 Å². The zero-order valence-electron chi connectivity index (χ0n) is 14.6. The smallest absolute Gasteiger partial charge is 0.373 e. The average molecular weight is 383 g/mol. The molecule has 0 atom stereocenters. The molecule has 4 rings (SSSR count). The van der Waals surface area contributed by atoms with Crippen LogP contribution in [0.1, 0.15) is 26.6 Å². The Hall–Kier alpha value is -3.25. The number of carbonyl (C=O) groups excluding carboxylic acids is 2. The molecule has 27 heavy (non-hydrogen) atoms. The fourth-order valence-corrected chi connectivity index (χ4v) is 3.23. The van der Waals surface area contributed by atoms with Gasteiger partial charge in [-0.15, -0.1) is 0 Å². The minimum Gasteiger partial charge on any atom is -0.463 e. The number of methoxy groups -OCH3 is 1. The van der Waals surface area contributed by atoms with Crippen molar-refractivity contribution in [1.29, 1.82) is 0 Å². The molecule has 1 amide bonds. The zero-order valence-corrected chi connectivity index (χ0v) is 15.3. The molecule has 2 aromatic carbocycles. The fraction of sp³-hybridized carbons (Fsp3) is 0.100. The number of benzene rings is 2. The highest BCUT2D eigenvalue weighted by molar-refractivity contribution is 6.39. The van der Waals surface area contributed by atoms with Gasteiger partial charge >= 0.3 is 5.97 Å². The second kappa shape index (κ2) is 6.48. The number of carbonyl (C=O) groups is 2. The Morgan fingerprint density at radius 3 is 2.74 bits per heavy atom. The maximum atomic E-state index is 12.7. The van der Waals surface area contributed by atoms with Gasteiger partial charge in [0.15, 0.2) is 0 Å². The van der Waals surface area contributed by atoms with Gasteiger partial charge < -0.3 is 19.5 Å². The SMILES string of the molecule is COC(=O)c1cc2cc(NC(=O)c3[nH]c4ccc(C)cc4c3Cl)ccc2o1. The van der Waals surface area contributed by atoms with Gasteiger partial charge in [-0.05, 0) is 43.3 Å². The van der Waals surface area contributed by atoms with Gasteiger partial charge in [0.25, 0.3) is 5.91 Å². The second-order valence-corrected chi connectivity index (χ2v) is 6.55. The van der Waals surface area contributed by atoms with E-state index in [-0.39, 0.29) is 11.7 Å². The Morgan fingerprint density at radius 1 is 1.15 bits per heavy atom. The van der Waals surface area contributed by atoms with E-state index in [0.717, 1.165) is 16.5 Å². The van der Waals surface area contributed by atoms with E-state index in [1.807, 2.05) is 25.1 Å². The molecule has 136 valence electrons. The normalized spacial score (nSPS) is 11.1. The van der Waals surface area contributed by atoms with Crippen molar-refractivity contribution in [3.63, 3.8) is 0 Å². The molecule has 2 heterocycles. The summed E-state index contributed by atoms with van der Waals surface area (Å²) in [6.07, 6.45) is 0. The van der Waals surface area contributed by atoms with Crippen molar-refractivity contribution in [2.75, 3.05) is 12.4 Å². The quantitative estimate of drug-likeness (QED) is 0.493. The zero-order chi connectivity index (χ0) is 19.1. The number of esters is 1. The van der Waals surface area contributed by atoms with E-state index in [2.05, 4.69) is 15.0 Å². The predicted octanol–water partition coefficient (Wildman–Crippen LogP) is 4.91. The molecule has 0 unspecified atom stereocenters. The number of rotatable bonds is 3. The first-order valence-electron chi connectivity index (χ1n) is 8.17. The molecule has 2 aromatic heterocycles. The number of fused-ring (bicyclic) bond motifs is 2. The molecule has 7 heteroatoms. The summed E-state index contributed by atoms with van der Waals surface area (Å²) < 4.78 is 10.1. The molecule has 0 aliphatic carbocycles. The number of aromatic amines is 1. The number of aryl methyl sites for hydroxylation is 1. The Balaban J connectivity index is 1.64. The summed E-state index contributed by atoms with van der Waals surface area (Å²) in [7, 11) is 1.28. The number of amides is 1. The van der Waals surface area contributed by atoms with Crippen LogP contribution in [0.2, 0.25) is 5.02 Å². The maximum absolute atomic E-state index is 12.7.